The van der Waals surface area contributed by atoms with Crippen LogP contribution < -0.4 is 0 Å². The SMILES string of the molecule is O=[Si](O)O.[AlH3].[CaH2].[Fe]. The molecule has 0 aliphatic rings. The second kappa shape index (κ2) is 15.7. The molecule has 0 aromatic heterocycles. The van der Waals surface area contributed by atoms with Gasteiger partial charge < -0.3 is 9.59 Å². The molecular formula is H7AlCaFeO3Si. The van der Waals surface area contributed by atoms with E-state index in [0.29, 0.717) is 0 Å². The van der Waals surface area contributed by atoms with Crippen LogP contribution in [0.5, 0.6) is 0 Å². The Morgan fingerprint density at radius 1 is 1.29 bits per heavy atom. The zero-order valence-electron chi connectivity index (χ0n) is 2.16. The summed E-state index contributed by atoms with van der Waals surface area (Å²) in [5.41, 5.74) is 0. The quantitative estimate of drug-likeness (QED) is 0.401. The molecule has 0 rings (SSSR count). The van der Waals surface area contributed by atoms with Crippen molar-refractivity contribution < 1.29 is 31.1 Å². The Labute approximate surface area is 94.0 Å². The summed E-state index contributed by atoms with van der Waals surface area (Å²) in [6.07, 6.45) is 0. The second-order valence-electron chi connectivity index (χ2n) is 0.283. The van der Waals surface area contributed by atoms with Gasteiger partial charge in [-0.25, -0.2) is 0 Å². The van der Waals surface area contributed by atoms with Crippen molar-refractivity contribution in [3.05, 3.63) is 0 Å². The van der Waals surface area contributed by atoms with Gasteiger partial charge in [0.05, 0.1) is 0 Å². The molecule has 0 saturated heterocycles. The van der Waals surface area contributed by atoms with Crippen LogP contribution in [-0.2, 0) is 21.5 Å². The van der Waals surface area contributed by atoms with Gasteiger partial charge in [0, 0.05) is 17.1 Å². The topological polar surface area (TPSA) is 57.5 Å². The van der Waals surface area contributed by atoms with E-state index in [1.807, 2.05) is 0 Å². The zero-order valence-corrected chi connectivity index (χ0v) is 4.26. The number of rotatable bonds is 0. The molecule has 0 atom stereocenters. The van der Waals surface area contributed by atoms with Crippen LogP contribution in [-0.4, -0.2) is 73.9 Å². The van der Waals surface area contributed by atoms with Crippen LogP contribution in [0.25, 0.3) is 0 Å². The molecular weight excluding hydrogens is 199 g/mol. The monoisotopic (exact) mass is 206 g/mol. The van der Waals surface area contributed by atoms with Crippen molar-refractivity contribution in [1.29, 1.82) is 0 Å². The predicted molar refractivity (Wildman–Crippen MR) is 29.4 cm³/mol. The van der Waals surface area contributed by atoms with Gasteiger partial charge in [0.1, 0.15) is 0 Å². The molecule has 0 aliphatic heterocycles. The van der Waals surface area contributed by atoms with Crippen LogP contribution in [0.1, 0.15) is 0 Å². The molecule has 0 heterocycles. The molecule has 0 amide bonds. The molecule has 3 nitrogen and oxygen atoms in total. The maximum atomic E-state index is 8.74. The molecule has 7 heavy (non-hydrogen) atoms. The van der Waals surface area contributed by atoms with Crippen LogP contribution in [0.2, 0.25) is 0 Å². The fourth-order valence-corrected chi connectivity index (χ4v) is 0. The van der Waals surface area contributed by atoms with Crippen LogP contribution in [0.15, 0.2) is 0 Å². The summed E-state index contributed by atoms with van der Waals surface area (Å²) in [6.45, 7) is 0. The van der Waals surface area contributed by atoms with E-state index in [9.17, 15) is 0 Å². The minimum Gasteiger partial charge on any atom is 0 e. The van der Waals surface area contributed by atoms with Gasteiger partial charge in [-0.15, -0.1) is 0 Å². The van der Waals surface area contributed by atoms with E-state index in [4.69, 9.17) is 14.1 Å². The van der Waals surface area contributed by atoms with Crippen molar-refractivity contribution >= 4 is 64.3 Å². The van der Waals surface area contributed by atoms with Crippen molar-refractivity contribution in [1.82, 2.24) is 0 Å². The average molecular weight is 206 g/mol. The molecule has 2 N–H and O–H groups in total. The van der Waals surface area contributed by atoms with Gasteiger partial charge >= 0.3 is 46.9 Å². The summed E-state index contributed by atoms with van der Waals surface area (Å²) in [6, 6.07) is 0. The molecule has 0 saturated carbocycles. The van der Waals surface area contributed by atoms with E-state index in [0.717, 1.165) is 0 Å². The third kappa shape index (κ3) is 74.9. The average Bonchev–Trinajstić information content (AvgIpc) is 0.811. The first-order valence-electron chi connectivity index (χ1n) is 0.651. The van der Waals surface area contributed by atoms with E-state index >= 15 is 0 Å². The molecule has 0 aliphatic carbocycles. The first-order valence-corrected chi connectivity index (χ1v) is 1.95. The van der Waals surface area contributed by atoms with Gasteiger partial charge in [0.25, 0.3) is 0 Å². The van der Waals surface area contributed by atoms with Gasteiger partial charge in [-0.3, -0.25) is 4.46 Å². The number of hydrogen-bond donors (Lipinski definition) is 2. The van der Waals surface area contributed by atoms with Crippen LogP contribution in [0, 0.1) is 0 Å². The molecule has 0 bridgehead atoms. The molecule has 0 aromatic rings. The Hall–Kier alpha value is 1.93. The predicted octanol–water partition coefficient (Wildman–Crippen LogP) is -3.72. The first-order chi connectivity index (χ1) is 1.73. The minimum absolute atomic E-state index is 0. The van der Waals surface area contributed by atoms with Crippen molar-refractivity contribution in [2.45, 2.75) is 0 Å². The largest absolute Gasteiger partial charge is 0 e. The minimum atomic E-state index is -3.13. The summed E-state index contributed by atoms with van der Waals surface area (Å²) >= 11 is 0. The van der Waals surface area contributed by atoms with Gasteiger partial charge in [-0.05, 0) is 0 Å². The number of hydrogen-bond acceptors (Lipinski definition) is 1. The first kappa shape index (κ1) is 23.1. The Morgan fingerprint density at radius 3 is 1.29 bits per heavy atom. The van der Waals surface area contributed by atoms with Gasteiger partial charge in [0.15, 0.2) is 17.4 Å². The van der Waals surface area contributed by atoms with E-state index in [2.05, 4.69) is 0 Å². The fourth-order valence-electron chi connectivity index (χ4n) is 0. The van der Waals surface area contributed by atoms with Crippen molar-refractivity contribution in [2.75, 3.05) is 0 Å². The molecule has 0 unspecified atom stereocenters. The molecule has 7 heteroatoms. The van der Waals surface area contributed by atoms with Crippen molar-refractivity contribution in [2.24, 2.45) is 0 Å². The summed E-state index contributed by atoms with van der Waals surface area (Å²) < 4.78 is 8.74. The van der Waals surface area contributed by atoms with Crippen molar-refractivity contribution in [3.63, 3.8) is 0 Å². The third-order valence-corrected chi connectivity index (χ3v) is 0. The third-order valence-electron chi connectivity index (χ3n) is 0. The van der Waals surface area contributed by atoms with E-state index in [1.54, 1.807) is 0 Å². The van der Waals surface area contributed by atoms with Gasteiger partial charge in [-0.1, -0.05) is 0 Å². The van der Waals surface area contributed by atoms with E-state index in [-0.39, 0.29) is 72.2 Å². The molecule has 0 spiro atoms. The maximum Gasteiger partial charge on any atom is 0 e. The van der Waals surface area contributed by atoms with Crippen molar-refractivity contribution in [3.8, 4) is 0 Å². The zero-order chi connectivity index (χ0) is 3.58. The summed E-state index contributed by atoms with van der Waals surface area (Å²) in [5.74, 6) is 0. The molecule has 42 valence electrons. The van der Waals surface area contributed by atoms with Gasteiger partial charge in [-0.2, -0.15) is 0 Å². The Morgan fingerprint density at radius 2 is 1.29 bits per heavy atom. The van der Waals surface area contributed by atoms with Gasteiger partial charge in [0.2, 0.25) is 0 Å². The smallest absolute Gasteiger partial charge is 0 e. The van der Waals surface area contributed by atoms with Crippen LogP contribution in [0.3, 0.4) is 0 Å². The Kier molecular flexibility index (Phi) is 51.7. The molecule has 0 fully saturated rings. The molecule has 0 aromatic carbocycles. The van der Waals surface area contributed by atoms with E-state index < -0.39 is 9.17 Å². The summed E-state index contributed by atoms with van der Waals surface area (Å²) in [7, 11) is -3.13. The summed E-state index contributed by atoms with van der Waals surface area (Å²) in [5, 5.41) is 0. The fraction of sp³-hybridized carbons (Fsp3) is 0. The Bertz CT molecular complexity index is 37.9. The standard InChI is InChI=1S/Al.Ca.Fe.H2O3Si.5H/c;;;1-4(2)3;;;;;/h;;;1-2H;;;;;. The summed E-state index contributed by atoms with van der Waals surface area (Å²) in [4.78, 5) is 14.3. The van der Waals surface area contributed by atoms with E-state index in [1.165, 1.54) is 0 Å². The maximum absolute atomic E-state index is 8.74. The normalized spacial score (nSPS) is 3.43. The Balaban J connectivity index is -0.0000000150. The second-order valence-corrected chi connectivity index (χ2v) is 0.848. The van der Waals surface area contributed by atoms with Crippen LogP contribution in [0.4, 0.5) is 0 Å². The van der Waals surface area contributed by atoms with Crippen LogP contribution >= 0.6 is 0 Å². The molecule has 0 radical (unpaired) electrons.